The molecule has 2 aromatic rings. The summed E-state index contributed by atoms with van der Waals surface area (Å²) in [4.78, 5) is 16.6. The second kappa shape index (κ2) is 6.23. The third kappa shape index (κ3) is 3.47. The highest BCUT2D eigenvalue weighted by Crippen LogP contribution is 2.20. The maximum atomic E-state index is 12.0. The number of hydrogen-bond donors (Lipinski definition) is 1. The molecule has 0 fully saturated rings. The van der Waals surface area contributed by atoms with Gasteiger partial charge < -0.3 is 5.32 Å². The number of rotatable bonds is 3. The minimum atomic E-state index is -0.321. The van der Waals surface area contributed by atoms with Gasteiger partial charge in [-0.2, -0.15) is 5.26 Å². The van der Waals surface area contributed by atoms with Gasteiger partial charge >= 0.3 is 0 Å². The molecule has 94 valence electrons. The van der Waals surface area contributed by atoms with E-state index in [1.165, 1.54) is 6.20 Å². The van der Waals surface area contributed by atoms with Crippen LogP contribution in [0.2, 0.25) is 5.15 Å². The lowest BCUT2D eigenvalue weighted by atomic mass is 10.2. The minimum Gasteiger partial charge on any atom is -0.322 e. The van der Waals surface area contributed by atoms with E-state index < -0.39 is 0 Å². The Bertz CT molecular complexity index is 637. The van der Waals surface area contributed by atoms with Gasteiger partial charge in [0.15, 0.2) is 0 Å². The summed E-state index contributed by atoms with van der Waals surface area (Å²) in [6.07, 6.45) is 1.52. The number of benzene rings is 1. The van der Waals surface area contributed by atoms with E-state index in [0.717, 1.165) is 16.7 Å². The van der Waals surface area contributed by atoms with Gasteiger partial charge in [0.25, 0.3) is 5.91 Å². The van der Waals surface area contributed by atoms with Gasteiger partial charge in [0.1, 0.15) is 10.6 Å². The van der Waals surface area contributed by atoms with E-state index in [9.17, 15) is 4.79 Å². The van der Waals surface area contributed by atoms with E-state index in [-0.39, 0.29) is 11.1 Å². The van der Waals surface area contributed by atoms with Crippen molar-refractivity contribution in [2.45, 2.75) is 4.90 Å². The molecule has 6 heteroatoms. The molecular formula is C13H8ClN3OS. The Balaban J connectivity index is 2.11. The Morgan fingerprint density at radius 2 is 2.05 bits per heavy atom. The highest BCUT2D eigenvalue weighted by atomic mass is 35.5. The highest BCUT2D eigenvalue weighted by Gasteiger charge is 2.10. The van der Waals surface area contributed by atoms with Gasteiger partial charge in [0.05, 0.1) is 5.56 Å². The van der Waals surface area contributed by atoms with Crippen LogP contribution in [0.3, 0.4) is 0 Å². The average Bonchev–Trinajstić information content (AvgIpc) is 2.42. The molecule has 0 bridgehead atoms. The first-order valence-electron chi connectivity index (χ1n) is 5.28. The summed E-state index contributed by atoms with van der Waals surface area (Å²) < 4.78 is 0. The zero-order valence-electron chi connectivity index (χ0n) is 9.63. The molecule has 1 aromatic carbocycles. The fourth-order valence-electron chi connectivity index (χ4n) is 1.41. The number of aromatic nitrogens is 1. The van der Waals surface area contributed by atoms with E-state index in [0.29, 0.717) is 11.3 Å². The molecule has 0 saturated heterocycles. The Morgan fingerprint density at radius 1 is 1.32 bits per heavy atom. The van der Waals surface area contributed by atoms with Crippen molar-refractivity contribution in [1.82, 2.24) is 4.98 Å². The topological polar surface area (TPSA) is 65.8 Å². The summed E-state index contributed by atoms with van der Waals surface area (Å²) in [5.41, 5.74) is 0.951. The number of nitriles is 1. The van der Waals surface area contributed by atoms with Crippen molar-refractivity contribution < 1.29 is 4.79 Å². The third-order valence-corrected chi connectivity index (χ3v) is 3.18. The van der Waals surface area contributed by atoms with Crippen LogP contribution in [0, 0.1) is 10.7 Å². The van der Waals surface area contributed by atoms with Gasteiger partial charge in [-0.25, -0.2) is 4.98 Å². The van der Waals surface area contributed by atoms with Gasteiger partial charge in [0, 0.05) is 16.8 Å². The van der Waals surface area contributed by atoms with Crippen LogP contribution < -0.4 is 5.32 Å². The molecule has 1 heterocycles. The molecule has 0 aliphatic rings. The van der Waals surface area contributed by atoms with Crippen LogP contribution in [0.1, 0.15) is 10.4 Å². The van der Waals surface area contributed by atoms with E-state index in [1.54, 1.807) is 36.4 Å². The number of nitrogens with one attached hydrogen (secondary N) is 1. The highest BCUT2D eigenvalue weighted by molar-refractivity contribution is 8.03. The zero-order chi connectivity index (χ0) is 13.7. The minimum absolute atomic E-state index is 0.164. The number of thiocyanates is 1. The predicted octanol–water partition coefficient (Wildman–Crippen LogP) is 3.56. The molecule has 1 N–H and O–H groups in total. The second-order valence-corrected chi connectivity index (χ2v) is 4.73. The summed E-state index contributed by atoms with van der Waals surface area (Å²) in [6.45, 7) is 0. The lowest BCUT2D eigenvalue weighted by Crippen LogP contribution is -2.12. The van der Waals surface area contributed by atoms with Gasteiger partial charge in [-0.1, -0.05) is 11.6 Å². The number of hydrogen-bond acceptors (Lipinski definition) is 4. The quantitative estimate of drug-likeness (QED) is 0.533. The van der Waals surface area contributed by atoms with Gasteiger partial charge in [-0.15, -0.1) is 0 Å². The van der Waals surface area contributed by atoms with E-state index in [1.807, 2.05) is 5.40 Å². The van der Waals surface area contributed by atoms with Crippen molar-refractivity contribution >= 4 is 35.0 Å². The number of amides is 1. The first kappa shape index (κ1) is 13.4. The molecule has 2 rings (SSSR count). The Hall–Kier alpha value is -2.03. The molecule has 0 atom stereocenters. The monoisotopic (exact) mass is 289 g/mol. The van der Waals surface area contributed by atoms with Crippen molar-refractivity contribution in [3.63, 3.8) is 0 Å². The van der Waals surface area contributed by atoms with Crippen LogP contribution in [0.5, 0.6) is 0 Å². The molecule has 0 aliphatic carbocycles. The molecule has 4 nitrogen and oxygen atoms in total. The summed E-state index contributed by atoms with van der Waals surface area (Å²) >= 11 is 6.90. The van der Waals surface area contributed by atoms with E-state index in [2.05, 4.69) is 10.3 Å². The van der Waals surface area contributed by atoms with Gasteiger partial charge in [-0.3, -0.25) is 4.79 Å². The van der Waals surface area contributed by atoms with Crippen molar-refractivity contribution in [3.05, 3.63) is 53.3 Å². The first-order valence-corrected chi connectivity index (χ1v) is 6.48. The molecular weight excluding hydrogens is 282 g/mol. The molecule has 0 radical (unpaired) electrons. The van der Waals surface area contributed by atoms with Crippen molar-refractivity contribution in [2.75, 3.05) is 5.32 Å². The number of carbonyl (C=O) groups excluding carboxylic acids is 1. The van der Waals surface area contributed by atoms with E-state index in [4.69, 9.17) is 16.9 Å². The van der Waals surface area contributed by atoms with Crippen molar-refractivity contribution in [3.8, 4) is 5.40 Å². The molecule has 0 spiro atoms. The normalized spacial score (nSPS) is 9.68. The Kier molecular flexibility index (Phi) is 4.39. The molecule has 0 unspecified atom stereocenters. The maximum absolute atomic E-state index is 12.0. The predicted molar refractivity (Wildman–Crippen MR) is 75.1 cm³/mol. The zero-order valence-corrected chi connectivity index (χ0v) is 11.2. The summed E-state index contributed by atoms with van der Waals surface area (Å²) in [7, 11) is 0. The lowest BCUT2D eigenvalue weighted by molar-refractivity contribution is 0.102. The van der Waals surface area contributed by atoms with Crippen LogP contribution in [0.15, 0.2) is 47.5 Å². The van der Waals surface area contributed by atoms with Gasteiger partial charge in [-0.05, 0) is 48.2 Å². The summed E-state index contributed by atoms with van der Waals surface area (Å²) in [5.74, 6) is -0.321. The fourth-order valence-corrected chi connectivity index (χ4v) is 2.00. The van der Waals surface area contributed by atoms with Crippen molar-refractivity contribution in [2.24, 2.45) is 0 Å². The number of pyridine rings is 1. The molecule has 0 saturated carbocycles. The Morgan fingerprint density at radius 3 is 2.68 bits per heavy atom. The van der Waals surface area contributed by atoms with E-state index >= 15 is 0 Å². The molecule has 0 aliphatic heterocycles. The smallest absolute Gasteiger partial charge is 0.258 e. The van der Waals surface area contributed by atoms with Gasteiger partial charge in [0.2, 0.25) is 0 Å². The van der Waals surface area contributed by atoms with Crippen LogP contribution in [0.25, 0.3) is 0 Å². The van der Waals surface area contributed by atoms with Crippen LogP contribution in [-0.2, 0) is 0 Å². The number of nitrogens with zero attached hydrogens (tertiary/aromatic N) is 2. The molecule has 19 heavy (non-hydrogen) atoms. The Labute approximate surface area is 119 Å². The molecule has 1 aromatic heterocycles. The lowest BCUT2D eigenvalue weighted by Gasteiger charge is -2.06. The van der Waals surface area contributed by atoms with Crippen LogP contribution >= 0.6 is 23.4 Å². The SMILES string of the molecule is N#CSc1ccc(NC(=O)c2cccnc2Cl)cc1. The van der Waals surface area contributed by atoms with Crippen LogP contribution in [0.4, 0.5) is 5.69 Å². The number of thioether (sulfide) groups is 1. The molecule has 1 amide bonds. The number of halogens is 1. The van der Waals surface area contributed by atoms with Crippen molar-refractivity contribution in [1.29, 1.82) is 5.26 Å². The average molecular weight is 290 g/mol. The third-order valence-electron chi connectivity index (χ3n) is 2.28. The number of anilines is 1. The fraction of sp³-hybridized carbons (Fsp3) is 0. The number of carbonyl (C=O) groups is 1. The standard InChI is InChI=1S/C13H8ClN3OS/c14-12-11(2-1-7-16-12)13(18)17-9-3-5-10(6-4-9)19-8-15/h1-7H,(H,17,18). The van der Waals surface area contributed by atoms with Crippen LogP contribution in [-0.4, -0.2) is 10.9 Å². The largest absolute Gasteiger partial charge is 0.322 e. The summed E-state index contributed by atoms with van der Waals surface area (Å²) in [5, 5.41) is 13.4. The summed E-state index contributed by atoms with van der Waals surface area (Å²) in [6, 6.07) is 10.2. The maximum Gasteiger partial charge on any atom is 0.258 e. The second-order valence-electron chi connectivity index (χ2n) is 3.51. The first-order chi connectivity index (χ1) is 9.20.